The Balaban J connectivity index is 1.82. The predicted octanol–water partition coefficient (Wildman–Crippen LogP) is 2.92. The van der Waals surface area contributed by atoms with Crippen LogP contribution in [0.2, 0.25) is 0 Å². The molecule has 0 radical (unpaired) electrons. The molecule has 0 spiro atoms. The van der Waals surface area contributed by atoms with E-state index in [0.29, 0.717) is 6.04 Å². The summed E-state index contributed by atoms with van der Waals surface area (Å²) in [6.07, 6.45) is 9.01. The summed E-state index contributed by atoms with van der Waals surface area (Å²) in [5.74, 6) is 1.03. The van der Waals surface area contributed by atoms with Gasteiger partial charge in [-0.15, -0.1) is 0 Å². The Kier molecular flexibility index (Phi) is 3.66. The van der Waals surface area contributed by atoms with Gasteiger partial charge in [-0.05, 0) is 45.0 Å². The van der Waals surface area contributed by atoms with Gasteiger partial charge in [0.05, 0.1) is 12.6 Å². The zero-order valence-corrected chi connectivity index (χ0v) is 12.3. The lowest BCUT2D eigenvalue weighted by molar-refractivity contribution is 0.307. The monoisotopic (exact) mass is 273 g/mol. The first-order valence-electron chi connectivity index (χ1n) is 7.44. The molecule has 2 aromatic rings. The van der Waals surface area contributed by atoms with E-state index in [1.807, 2.05) is 24.7 Å². The second kappa shape index (κ2) is 5.44. The molecule has 1 aliphatic heterocycles. The summed E-state index contributed by atoms with van der Waals surface area (Å²) < 4.78 is 7.80. The van der Waals surface area contributed by atoms with Crippen LogP contribution in [0, 0.1) is 0 Å². The van der Waals surface area contributed by atoms with E-state index in [-0.39, 0.29) is 5.41 Å². The van der Waals surface area contributed by atoms with Crippen molar-refractivity contribution in [1.82, 2.24) is 14.9 Å². The first-order valence-corrected chi connectivity index (χ1v) is 7.44. The fourth-order valence-corrected chi connectivity index (χ4v) is 3.18. The van der Waals surface area contributed by atoms with E-state index in [1.54, 1.807) is 6.26 Å². The maximum atomic E-state index is 5.47. The van der Waals surface area contributed by atoms with E-state index in [0.717, 1.165) is 25.3 Å². The number of aromatic nitrogens is 2. The summed E-state index contributed by atoms with van der Waals surface area (Å²) in [4.78, 5) is 4.40. The molecule has 1 saturated heterocycles. The number of rotatable bonds is 4. The van der Waals surface area contributed by atoms with Crippen molar-refractivity contribution in [2.75, 3.05) is 13.1 Å². The molecular weight excluding hydrogens is 250 g/mol. The highest BCUT2D eigenvalue weighted by molar-refractivity contribution is 5.17. The quantitative estimate of drug-likeness (QED) is 0.931. The highest BCUT2D eigenvalue weighted by atomic mass is 16.3. The Hall–Kier alpha value is -1.55. The van der Waals surface area contributed by atoms with E-state index < -0.39 is 0 Å². The van der Waals surface area contributed by atoms with Crippen LogP contribution in [0.25, 0.3) is 0 Å². The second-order valence-corrected chi connectivity index (χ2v) is 6.13. The Morgan fingerprint density at radius 2 is 2.25 bits per heavy atom. The van der Waals surface area contributed by atoms with Gasteiger partial charge in [0.1, 0.15) is 5.76 Å². The molecule has 0 amide bonds. The number of hydrogen-bond acceptors (Lipinski definition) is 3. The summed E-state index contributed by atoms with van der Waals surface area (Å²) >= 11 is 0. The Labute approximate surface area is 120 Å². The third-order valence-corrected chi connectivity index (χ3v) is 4.54. The molecule has 2 aromatic heterocycles. The van der Waals surface area contributed by atoms with Gasteiger partial charge in [0.25, 0.3) is 0 Å². The van der Waals surface area contributed by atoms with Crippen molar-refractivity contribution < 1.29 is 4.42 Å². The number of nitrogens with one attached hydrogen (secondary N) is 1. The lowest BCUT2D eigenvalue weighted by Gasteiger charge is -2.35. The van der Waals surface area contributed by atoms with E-state index in [9.17, 15) is 0 Å². The van der Waals surface area contributed by atoms with Crippen LogP contribution in [0.5, 0.6) is 0 Å². The van der Waals surface area contributed by atoms with Gasteiger partial charge in [0.15, 0.2) is 0 Å². The topological polar surface area (TPSA) is 43.0 Å². The van der Waals surface area contributed by atoms with Crippen molar-refractivity contribution in [2.24, 2.45) is 0 Å². The SMILES string of the molecule is CC(Cc1ccco1)n1cncc1C1(C)CCNCC1. The standard InChI is InChI=1S/C16H23N3O/c1-13(10-14-4-3-9-20-14)19-12-18-11-15(19)16(2)5-7-17-8-6-16/h3-4,9,11-13,17H,5-8,10H2,1-2H3. The van der Waals surface area contributed by atoms with Gasteiger partial charge in [0.2, 0.25) is 0 Å². The average molecular weight is 273 g/mol. The summed E-state index contributed by atoms with van der Waals surface area (Å²) in [6.45, 7) is 6.78. The minimum absolute atomic E-state index is 0.235. The van der Waals surface area contributed by atoms with Gasteiger partial charge in [-0.2, -0.15) is 0 Å². The van der Waals surface area contributed by atoms with Crippen LogP contribution in [-0.4, -0.2) is 22.6 Å². The molecule has 1 fully saturated rings. The van der Waals surface area contributed by atoms with Gasteiger partial charge >= 0.3 is 0 Å². The zero-order chi connectivity index (χ0) is 14.0. The van der Waals surface area contributed by atoms with E-state index in [1.165, 1.54) is 18.5 Å². The molecule has 20 heavy (non-hydrogen) atoms. The third kappa shape index (κ3) is 2.52. The molecule has 3 heterocycles. The van der Waals surface area contributed by atoms with Gasteiger partial charge in [-0.1, -0.05) is 6.92 Å². The average Bonchev–Trinajstić information content (AvgIpc) is 3.10. The Bertz CT molecular complexity index is 538. The molecule has 1 N–H and O–H groups in total. The van der Waals surface area contributed by atoms with Crippen molar-refractivity contribution in [3.8, 4) is 0 Å². The summed E-state index contributed by atoms with van der Waals surface area (Å²) in [6, 6.07) is 4.36. The lowest BCUT2D eigenvalue weighted by atomic mass is 9.78. The maximum absolute atomic E-state index is 5.47. The zero-order valence-electron chi connectivity index (χ0n) is 12.3. The molecule has 1 unspecified atom stereocenters. The van der Waals surface area contributed by atoms with Crippen LogP contribution < -0.4 is 5.32 Å². The van der Waals surface area contributed by atoms with Crippen LogP contribution in [0.1, 0.15) is 44.2 Å². The molecule has 108 valence electrons. The van der Waals surface area contributed by atoms with Gasteiger partial charge in [-0.3, -0.25) is 0 Å². The van der Waals surface area contributed by atoms with Crippen molar-refractivity contribution in [3.63, 3.8) is 0 Å². The van der Waals surface area contributed by atoms with Crippen LogP contribution >= 0.6 is 0 Å². The minimum Gasteiger partial charge on any atom is -0.469 e. The summed E-state index contributed by atoms with van der Waals surface area (Å²) in [5, 5.41) is 3.44. The molecule has 4 heteroatoms. The number of hydrogen-bond donors (Lipinski definition) is 1. The fraction of sp³-hybridized carbons (Fsp3) is 0.562. The number of furan rings is 1. The molecule has 1 atom stereocenters. The molecule has 0 aliphatic carbocycles. The van der Waals surface area contributed by atoms with Gasteiger partial charge in [-0.25, -0.2) is 4.98 Å². The van der Waals surface area contributed by atoms with Crippen molar-refractivity contribution in [3.05, 3.63) is 42.4 Å². The largest absolute Gasteiger partial charge is 0.469 e. The normalized spacial score (nSPS) is 19.9. The molecule has 4 nitrogen and oxygen atoms in total. The van der Waals surface area contributed by atoms with Crippen molar-refractivity contribution in [1.29, 1.82) is 0 Å². The van der Waals surface area contributed by atoms with Gasteiger partial charge < -0.3 is 14.3 Å². The fourth-order valence-electron chi connectivity index (χ4n) is 3.18. The first kappa shape index (κ1) is 13.4. The van der Waals surface area contributed by atoms with Crippen LogP contribution in [0.3, 0.4) is 0 Å². The van der Waals surface area contributed by atoms with Crippen LogP contribution in [0.4, 0.5) is 0 Å². The molecule has 3 rings (SSSR count). The Morgan fingerprint density at radius 1 is 1.45 bits per heavy atom. The first-order chi connectivity index (χ1) is 9.69. The number of imidazole rings is 1. The molecular formula is C16H23N3O. The smallest absolute Gasteiger partial charge is 0.105 e. The maximum Gasteiger partial charge on any atom is 0.105 e. The van der Waals surface area contributed by atoms with E-state index in [4.69, 9.17) is 4.42 Å². The highest BCUT2D eigenvalue weighted by Gasteiger charge is 2.32. The summed E-state index contributed by atoms with van der Waals surface area (Å²) in [5.41, 5.74) is 1.59. The van der Waals surface area contributed by atoms with E-state index in [2.05, 4.69) is 28.7 Å². The highest BCUT2D eigenvalue weighted by Crippen LogP contribution is 2.34. The van der Waals surface area contributed by atoms with Crippen molar-refractivity contribution in [2.45, 2.75) is 44.6 Å². The number of nitrogens with zero attached hydrogens (tertiary/aromatic N) is 2. The molecule has 1 aliphatic rings. The van der Waals surface area contributed by atoms with Crippen LogP contribution in [0.15, 0.2) is 35.3 Å². The van der Waals surface area contributed by atoms with Crippen LogP contribution in [-0.2, 0) is 11.8 Å². The van der Waals surface area contributed by atoms with E-state index >= 15 is 0 Å². The second-order valence-electron chi connectivity index (χ2n) is 6.13. The third-order valence-electron chi connectivity index (χ3n) is 4.54. The Morgan fingerprint density at radius 3 is 2.95 bits per heavy atom. The lowest BCUT2D eigenvalue weighted by Crippen LogP contribution is -2.39. The summed E-state index contributed by atoms with van der Waals surface area (Å²) in [7, 11) is 0. The minimum atomic E-state index is 0.235. The van der Waals surface area contributed by atoms with Crippen molar-refractivity contribution >= 4 is 0 Å². The number of piperidine rings is 1. The molecule has 0 aromatic carbocycles. The predicted molar refractivity (Wildman–Crippen MR) is 78.8 cm³/mol. The van der Waals surface area contributed by atoms with Gasteiger partial charge in [0, 0.05) is 29.8 Å². The molecule has 0 bridgehead atoms. The molecule has 0 saturated carbocycles.